The molecule has 160 valence electrons. The molecule has 29 heavy (non-hydrogen) atoms. The molecule has 0 spiro atoms. The van der Waals surface area contributed by atoms with Crippen molar-refractivity contribution in [1.82, 2.24) is 0 Å². The zero-order valence-electron chi connectivity index (χ0n) is 17.7. The molecule has 4 aliphatic carbocycles. The lowest BCUT2D eigenvalue weighted by Gasteiger charge is -2.59. The van der Waals surface area contributed by atoms with Crippen LogP contribution < -0.4 is 0 Å². The molecule has 0 amide bonds. The summed E-state index contributed by atoms with van der Waals surface area (Å²) in [6.07, 6.45) is 8.56. The summed E-state index contributed by atoms with van der Waals surface area (Å²) in [5.41, 5.74) is 0.749. The average molecular weight is 403 g/mol. The number of rotatable bonds is 4. The quantitative estimate of drug-likeness (QED) is 0.670. The lowest BCUT2D eigenvalue weighted by Crippen LogP contribution is -2.57. The van der Waals surface area contributed by atoms with Gasteiger partial charge in [-0.25, -0.2) is 0 Å². The van der Waals surface area contributed by atoms with Crippen LogP contribution in [-0.4, -0.2) is 39.3 Å². The van der Waals surface area contributed by atoms with Crippen LogP contribution in [0.25, 0.3) is 0 Å². The molecule has 0 aromatic carbocycles. The van der Waals surface area contributed by atoms with E-state index in [4.69, 9.17) is 5.11 Å². The van der Waals surface area contributed by atoms with Gasteiger partial charge in [0.05, 0.1) is 18.6 Å². The van der Waals surface area contributed by atoms with Gasteiger partial charge in [0, 0.05) is 5.41 Å². The van der Waals surface area contributed by atoms with Crippen molar-refractivity contribution < 1.29 is 24.9 Å². The first-order valence-corrected chi connectivity index (χ1v) is 11.1. The van der Waals surface area contributed by atoms with Gasteiger partial charge in [-0.05, 0) is 79.3 Å². The number of allylic oxidation sites excluding steroid dienone is 4. The summed E-state index contributed by atoms with van der Waals surface area (Å²) in [7, 11) is 0. The van der Waals surface area contributed by atoms with E-state index in [0.29, 0.717) is 24.2 Å². The molecule has 0 aliphatic heterocycles. The van der Waals surface area contributed by atoms with Gasteiger partial charge in [0.25, 0.3) is 0 Å². The van der Waals surface area contributed by atoms with E-state index in [1.807, 2.05) is 6.92 Å². The molecule has 4 aliphatic rings. The topological polar surface area (TPSA) is 94.8 Å². The molecule has 3 fully saturated rings. The molecule has 0 aromatic rings. The number of aliphatic carboxylic acids is 1. The van der Waals surface area contributed by atoms with Crippen molar-refractivity contribution in [3.8, 4) is 0 Å². The highest BCUT2D eigenvalue weighted by atomic mass is 16.4. The van der Waals surface area contributed by atoms with Crippen molar-refractivity contribution in [2.24, 2.45) is 40.4 Å². The van der Waals surface area contributed by atoms with Gasteiger partial charge >= 0.3 is 5.97 Å². The number of hydrogen-bond donors (Lipinski definition) is 3. The number of carbonyl (C=O) groups excluding carboxylic acids is 1. The molecule has 0 aromatic heterocycles. The predicted molar refractivity (Wildman–Crippen MR) is 109 cm³/mol. The van der Waals surface area contributed by atoms with Crippen LogP contribution in [0, 0.1) is 40.4 Å². The number of aliphatic hydroxyl groups is 2. The van der Waals surface area contributed by atoms with Gasteiger partial charge in [0.1, 0.15) is 0 Å². The van der Waals surface area contributed by atoms with Crippen molar-refractivity contribution in [2.45, 2.75) is 71.5 Å². The SMILES string of the molecule is C[C@H](C(O)CC(=O)O)[C@H]1CC[C@H]2[C@@H]3CCC4=CC(=O)C=C[C@]4(C)[C@H]3C[C@H](O)[C@]12C. The predicted octanol–water partition coefficient (Wildman–Crippen LogP) is 3.35. The summed E-state index contributed by atoms with van der Waals surface area (Å²) in [6.45, 7) is 6.34. The molecule has 3 saturated carbocycles. The van der Waals surface area contributed by atoms with E-state index in [2.05, 4.69) is 19.9 Å². The van der Waals surface area contributed by atoms with Crippen LogP contribution >= 0.6 is 0 Å². The molecule has 1 unspecified atom stereocenters. The highest BCUT2D eigenvalue weighted by Crippen LogP contribution is 2.67. The maximum atomic E-state index is 11.9. The maximum Gasteiger partial charge on any atom is 0.305 e. The maximum absolute atomic E-state index is 11.9. The first-order valence-electron chi connectivity index (χ1n) is 11.1. The smallest absolute Gasteiger partial charge is 0.305 e. The lowest BCUT2D eigenvalue weighted by molar-refractivity contribution is -0.146. The van der Waals surface area contributed by atoms with Crippen molar-refractivity contribution in [2.75, 3.05) is 0 Å². The standard InChI is InChI=1S/C24H34O5/c1-13(20(26)12-22(28)29)17-6-7-18-16-5-4-14-10-15(25)8-9-23(14,2)19(16)11-21(27)24(17,18)3/h8-10,13,16-21,26-27H,4-7,11-12H2,1-3H3,(H,28,29)/t13-,16-,17+,18-,19-,20?,21-,23-,24+/m0/s1. The minimum atomic E-state index is -0.980. The number of ketones is 1. The van der Waals surface area contributed by atoms with Gasteiger partial charge in [-0.2, -0.15) is 0 Å². The van der Waals surface area contributed by atoms with Crippen LogP contribution in [0.5, 0.6) is 0 Å². The normalized spacial score (nSPS) is 45.6. The van der Waals surface area contributed by atoms with Crippen LogP contribution in [-0.2, 0) is 9.59 Å². The first kappa shape index (κ1) is 20.8. The van der Waals surface area contributed by atoms with Crippen LogP contribution in [0.2, 0.25) is 0 Å². The second-order valence-corrected chi connectivity index (χ2v) is 10.4. The van der Waals surface area contributed by atoms with E-state index in [1.165, 1.54) is 5.57 Å². The highest BCUT2D eigenvalue weighted by molar-refractivity contribution is 6.01. The molecule has 5 nitrogen and oxygen atoms in total. The zero-order valence-corrected chi connectivity index (χ0v) is 17.7. The zero-order chi connectivity index (χ0) is 21.1. The first-order chi connectivity index (χ1) is 13.6. The lowest BCUT2D eigenvalue weighted by atomic mass is 9.46. The van der Waals surface area contributed by atoms with E-state index < -0.39 is 18.2 Å². The Kier molecular flexibility index (Phi) is 5.06. The number of carboxylic acids is 1. The molecule has 0 heterocycles. The number of fused-ring (bicyclic) bond motifs is 5. The van der Waals surface area contributed by atoms with E-state index in [1.54, 1.807) is 12.2 Å². The Morgan fingerprint density at radius 1 is 1.24 bits per heavy atom. The Bertz CT molecular complexity index is 769. The fourth-order valence-electron chi connectivity index (χ4n) is 7.69. The summed E-state index contributed by atoms with van der Waals surface area (Å²) in [5, 5.41) is 31.0. The van der Waals surface area contributed by atoms with Crippen LogP contribution in [0.1, 0.15) is 59.3 Å². The van der Waals surface area contributed by atoms with Gasteiger partial charge in [0.2, 0.25) is 0 Å². The van der Waals surface area contributed by atoms with Crippen LogP contribution in [0.3, 0.4) is 0 Å². The average Bonchev–Trinajstić information content (AvgIpc) is 3.01. The molecule has 5 heteroatoms. The fraction of sp³-hybridized carbons (Fsp3) is 0.750. The second-order valence-electron chi connectivity index (χ2n) is 10.4. The third-order valence-electron chi connectivity index (χ3n) is 9.36. The Balaban J connectivity index is 1.62. The molecular formula is C24H34O5. The number of carboxylic acid groups (broad SMARTS) is 1. The highest BCUT2D eigenvalue weighted by Gasteiger charge is 2.63. The van der Waals surface area contributed by atoms with E-state index in [9.17, 15) is 19.8 Å². The largest absolute Gasteiger partial charge is 0.481 e. The monoisotopic (exact) mass is 402 g/mol. The molecule has 9 atom stereocenters. The van der Waals surface area contributed by atoms with Gasteiger partial charge in [-0.1, -0.05) is 32.4 Å². The number of carbonyl (C=O) groups is 2. The van der Waals surface area contributed by atoms with Gasteiger partial charge < -0.3 is 15.3 Å². The second kappa shape index (κ2) is 7.05. The van der Waals surface area contributed by atoms with E-state index >= 15 is 0 Å². The Morgan fingerprint density at radius 3 is 2.66 bits per heavy atom. The Morgan fingerprint density at radius 2 is 1.97 bits per heavy atom. The van der Waals surface area contributed by atoms with Crippen LogP contribution in [0.4, 0.5) is 0 Å². The summed E-state index contributed by atoms with van der Waals surface area (Å²) in [4.78, 5) is 23.0. The van der Waals surface area contributed by atoms with Gasteiger partial charge in [0.15, 0.2) is 5.78 Å². The molecular weight excluding hydrogens is 368 g/mol. The molecule has 0 radical (unpaired) electrons. The summed E-state index contributed by atoms with van der Waals surface area (Å²) in [6, 6.07) is 0. The van der Waals surface area contributed by atoms with E-state index in [0.717, 1.165) is 25.7 Å². The molecule has 4 rings (SSSR count). The van der Waals surface area contributed by atoms with Crippen molar-refractivity contribution in [1.29, 1.82) is 0 Å². The van der Waals surface area contributed by atoms with E-state index in [-0.39, 0.29) is 34.9 Å². The third-order valence-corrected chi connectivity index (χ3v) is 9.36. The van der Waals surface area contributed by atoms with Crippen molar-refractivity contribution >= 4 is 11.8 Å². The Hall–Kier alpha value is -1.46. The van der Waals surface area contributed by atoms with Crippen LogP contribution in [0.15, 0.2) is 23.8 Å². The minimum absolute atomic E-state index is 0.0688. The summed E-state index contributed by atoms with van der Waals surface area (Å²) < 4.78 is 0. The molecule has 0 bridgehead atoms. The van der Waals surface area contributed by atoms with Gasteiger partial charge in [-0.3, -0.25) is 9.59 Å². The van der Waals surface area contributed by atoms with Crippen molar-refractivity contribution in [3.63, 3.8) is 0 Å². The fourth-order valence-corrected chi connectivity index (χ4v) is 7.69. The molecule has 0 saturated heterocycles. The Labute approximate surface area is 172 Å². The van der Waals surface area contributed by atoms with Crippen molar-refractivity contribution in [3.05, 3.63) is 23.8 Å². The third kappa shape index (κ3) is 3.04. The molecule has 3 N–H and O–H groups in total. The minimum Gasteiger partial charge on any atom is -0.481 e. The summed E-state index contributed by atoms with van der Waals surface area (Å²) in [5.74, 6) is 0.214. The van der Waals surface area contributed by atoms with Gasteiger partial charge in [-0.15, -0.1) is 0 Å². The number of aliphatic hydroxyl groups excluding tert-OH is 2. The number of hydrogen-bond acceptors (Lipinski definition) is 4. The summed E-state index contributed by atoms with van der Waals surface area (Å²) >= 11 is 0.